The summed E-state index contributed by atoms with van der Waals surface area (Å²) in [6.07, 6.45) is 0. The van der Waals surface area contributed by atoms with E-state index in [9.17, 15) is 9.59 Å². The summed E-state index contributed by atoms with van der Waals surface area (Å²) in [6.45, 7) is 0. The predicted molar refractivity (Wildman–Crippen MR) is 92.7 cm³/mol. The van der Waals surface area contributed by atoms with E-state index in [1.165, 1.54) is 24.3 Å². The number of aromatic carboxylic acids is 2. The van der Waals surface area contributed by atoms with Gasteiger partial charge in [0.1, 0.15) is 0 Å². The Morgan fingerprint density at radius 1 is 0.778 bits per heavy atom. The summed E-state index contributed by atoms with van der Waals surface area (Å²) in [5.74, 6) is -1.86. The maximum absolute atomic E-state index is 10.3. The van der Waals surface area contributed by atoms with E-state index < -0.39 is 21.0 Å². The van der Waals surface area contributed by atoms with Crippen LogP contribution in [-0.2, 0) is 20.2 Å². The molecule has 0 heterocycles. The first-order valence-electron chi connectivity index (χ1n) is 6.24. The van der Waals surface area contributed by atoms with Crippen molar-refractivity contribution in [1.82, 2.24) is 0 Å². The van der Waals surface area contributed by atoms with Gasteiger partial charge in [0.15, 0.2) is 0 Å². The number of nitrogens with two attached hydrogens (primary N) is 2. The third-order valence-electron chi connectivity index (χ3n) is 2.32. The molecule has 0 aromatic heterocycles. The van der Waals surface area contributed by atoms with Crippen molar-refractivity contribution in [2.45, 2.75) is 0 Å². The topological polar surface area (TPSA) is 190 Å². The number of carboxylic acids is 2. The number of anilines is 2. The van der Waals surface area contributed by atoms with Crippen LogP contribution < -0.4 is 70.6 Å². The smallest absolute Gasteiger partial charge is 0.780 e. The van der Waals surface area contributed by atoms with Gasteiger partial charge in [0.2, 0.25) is 0 Å². The van der Waals surface area contributed by atoms with Crippen LogP contribution in [0.25, 0.3) is 0 Å². The molecular formula is C14H14N2Na2O7S2. The van der Waals surface area contributed by atoms with Crippen LogP contribution in [0.15, 0.2) is 48.5 Å². The van der Waals surface area contributed by atoms with Gasteiger partial charge in [-0.2, -0.15) is 0 Å². The minimum atomic E-state index is -4.33. The molecule has 0 aliphatic rings. The minimum absolute atomic E-state index is 0. The largest absolute Gasteiger partial charge is 1.00 e. The molecule has 6 N–H and O–H groups in total. The molecule has 0 fully saturated rings. The second-order valence-corrected chi connectivity index (χ2v) is 6.30. The Morgan fingerprint density at radius 3 is 1.11 bits per heavy atom. The first-order valence-corrected chi connectivity index (χ1v) is 8.58. The van der Waals surface area contributed by atoms with Crippen LogP contribution in [0.4, 0.5) is 11.4 Å². The van der Waals surface area contributed by atoms with E-state index in [0.29, 0.717) is 11.4 Å². The van der Waals surface area contributed by atoms with Crippen molar-refractivity contribution < 1.29 is 92.2 Å². The summed E-state index contributed by atoms with van der Waals surface area (Å²) in [5, 5.41) is 16.9. The van der Waals surface area contributed by atoms with Crippen molar-refractivity contribution in [2.24, 2.45) is 0 Å². The van der Waals surface area contributed by atoms with Gasteiger partial charge >= 0.3 is 71.1 Å². The molecule has 0 saturated carbocycles. The van der Waals surface area contributed by atoms with Crippen LogP contribution >= 0.6 is 0 Å². The van der Waals surface area contributed by atoms with Crippen molar-refractivity contribution in [3.8, 4) is 0 Å². The molecule has 0 aliphatic carbocycles. The first kappa shape index (κ1) is 31.0. The predicted octanol–water partition coefficient (Wildman–Crippen LogP) is -5.06. The molecule has 0 bridgehead atoms. The van der Waals surface area contributed by atoms with Gasteiger partial charge in [0.25, 0.3) is 0 Å². The Hall–Kier alpha value is -0.730. The number of carbonyl (C=O) groups is 2. The zero-order valence-corrected chi connectivity index (χ0v) is 20.2. The SMILES string of the molecule is Nc1ccc(C(=O)O)cc1.Nc1ccc(C(=O)O)cc1.O=S([O-])([O-])=S.[Na+].[Na+]. The normalized spacial score (nSPS) is 8.96. The van der Waals surface area contributed by atoms with E-state index in [0.717, 1.165) is 0 Å². The monoisotopic (exact) mass is 432 g/mol. The second kappa shape index (κ2) is 15.2. The maximum atomic E-state index is 10.3. The Kier molecular flexibility index (Phi) is 17.5. The van der Waals surface area contributed by atoms with Gasteiger partial charge < -0.3 is 30.8 Å². The van der Waals surface area contributed by atoms with Crippen molar-refractivity contribution in [1.29, 1.82) is 0 Å². The molecule has 2 aromatic carbocycles. The molecule has 0 unspecified atom stereocenters. The maximum Gasteiger partial charge on any atom is 1.00 e. The van der Waals surface area contributed by atoms with Gasteiger partial charge in [-0.3, -0.25) is 4.21 Å². The fourth-order valence-electron chi connectivity index (χ4n) is 1.25. The average Bonchev–Trinajstić information content (AvgIpc) is 2.47. The van der Waals surface area contributed by atoms with Crippen LogP contribution in [-0.4, -0.2) is 35.5 Å². The van der Waals surface area contributed by atoms with Crippen molar-refractivity contribution in [2.75, 3.05) is 11.5 Å². The number of hydrogen-bond acceptors (Lipinski definition) is 8. The molecule has 13 heteroatoms. The molecule has 0 atom stereocenters. The molecule has 136 valence electrons. The Morgan fingerprint density at radius 2 is 0.963 bits per heavy atom. The average molecular weight is 432 g/mol. The molecule has 0 spiro atoms. The van der Waals surface area contributed by atoms with Crippen LogP contribution in [0.3, 0.4) is 0 Å². The van der Waals surface area contributed by atoms with E-state index in [1.807, 2.05) is 0 Å². The molecule has 2 aromatic rings. The van der Waals surface area contributed by atoms with Crippen LogP contribution in [0.5, 0.6) is 0 Å². The summed E-state index contributed by atoms with van der Waals surface area (Å²) >= 11 is 3.24. The molecule has 9 nitrogen and oxygen atoms in total. The minimum Gasteiger partial charge on any atom is -0.780 e. The van der Waals surface area contributed by atoms with Gasteiger partial charge in [0.05, 0.1) is 11.1 Å². The summed E-state index contributed by atoms with van der Waals surface area (Å²) < 4.78 is 26.7. The third kappa shape index (κ3) is 18.4. The Balaban J connectivity index is -0.000000326. The number of rotatable bonds is 2. The fourth-order valence-corrected chi connectivity index (χ4v) is 1.25. The van der Waals surface area contributed by atoms with E-state index >= 15 is 0 Å². The van der Waals surface area contributed by atoms with Gasteiger partial charge in [-0.1, -0.05) is 0 Å². The van der Waals surface area contributed by atoms with Gasteiger partial charge in [-0.05, 0) is 59.7 Å². The van der Waals surface area contributed by atoms with Crippen molar-refractivity contribution >= 4 is 43.6 Å². The van der Waals surface area contributed by atoms with E-state index in [4.69, 9.17) is 35.0 Å². The standard InChI is InChI=1S/2C7H7NO2.2Na.H2O3S2/c2*8-6-3-1-5(2-4-6)7(9)10;;;1-5(2,3)4/h2*1-4H,8H2,(H,9,10);;;(H2,1,2,3,4)/q;;2*+1;/p-2. The van der Waals surface area contributed by atoms with Crippen molar-refractivity contribution in [3.05, 3.63) is 59.7 Å². The van der Waals surface area contributed by atoms with Crippen LogP contribution in [0.2, 0.25) is 0 Å². The quantitative estimate of drug-likeness (QED) is 0.264. The van der Waals surface area contributed by atoms with Gasteiger partial charge in [0, 0.05) is 11.4 Å². The van der Waals surface area contributed by atoms with Crippen LogP contribution in [0, 0.1) is 0 Å². The van der Waals surface area contributed by atoms with E-state index in [1.54, 1.807) is 24.3 Å². The Labute approximate surface area is 205 Å². The summed E-state index contributed by atoms with van der Waals surface area (Å²) in [4.78, 5) is 20.5. The van der Waals surface area contributed by atoms with Crippen molar-refractivity contribution in [3.63, 3.8) is 0 Å². The zero-order chi connectivity index (χ0) is 19.6. The van der Waals surface area contributed by atoms with E-state index in [-0.39, 0.29) is 70.2 Å². The first-order chi connectivity index (χ1) is 11.4. The number of hydrogen-bond donors (Lipinski definition) is 4. The fraction of sp³-hybridized carbons (Fsp3) is 0. The number of benzene rings is 2. The molecule has 0 radical (unpaired) electrons. The van der Waals surface area contributed by atoms with Gasteiger partial charge in [-0.25, -0.2) is 9.59 Å². The second-order valence-electron chi connectivity index (χ2n) is 4.26. The molecule has 2 rings (SSSR count). The number of nitrogen functional groups attached to an aromatic ring is 2. The zero-order valence-electron chi connectivity index (χ0n) is 14.5. The van der Waals surface area contributed by atoms with E-state index in [2.05, 4.69) is 11.2 Å². The summed E-state index contributed by atoms with van der Waals surface area (Å²) in [7, 11) is -4.33. The Bertz CT molecular complexity index is 751. The van der Waals surface area contributed by atoms with Crippen LogP contribution in [0.1, 0.15) is 20.7 Å². The molecule has 27 heavy (non-hydrogen) atoms. The molecule has 0 saturated heterocycles. The molecular weight excluding hydrogens is 418 g/mol. The summed E-state index contributed by atoms with van der Waals surface area (Å²) in [6, 6.07) is 12.1. The molecule has 0 aliphatic heterocycles. The summed E-state index contributed by atoms with van der Waals surface area (Å²) in [5.41, 5.74) is 12.3. The molecule has 0 amide bonds. The number of carboxylic acid groups (broad SMARTS) is 2. The third-order valence-corrected chi connectivity index (χ3v) is 2.32. The van der Waals surface area contributed by atoms with Gasteiger partial charge in [-0.15, -0.1) is 9.05 Å².